The van der Waals surface area contributed by atoms with Crippen LogP contribution in [0.25, 0.3) is 0 Å². The molecule has 0 aromatic heterocycles. The van der Waals surface area contributed by atoms with Crippen molar-refractivity contribution in [3.63, 3.8) is 0 Å². The Labute approximate surface area is 162 Å². The number of piperidine rings is 1. The first-order valence-electron chi connectivity index (χ1n) is 9.45. The number of ketones is 1. The summed E-state index contributed by atoms with van der Waals surface area (Å²) in [4.78, 5) is 28.7. The van der Waals surface area contributed by atoms with E-state index in [1.54, 1.807) is 0 Å². The summed E-state index contributed by atoms with van der Waals surface area (Å²) in [5, 5.41) is 0. The summed E-state index contributed by atoms with van der Waals surface area (Å²) in [6, 6.07) is 8.38. The van der Waals surface area contributed by atoms with E-state index < -0.39 is 0 Å². The summed E-state index contributed by atoms with van der Waals surface area (Å²) in [6.07, 6.45) is 4.55. The minimum Gasteiger partial charge on any atom is -0.363 e. The maximum atomic E-state index is 12.4. The summed E-state index contributed by atoms with van der Waals surface area (Å²) in [5.74, 6) is 0.396. The van der Waals surface area contributed by atoms with Crippen LogP contribution in [0.3, 0.4) is 0 Å². The molecule has 3 aliphatic rings. The van der Waals surface area contributed by atoms with Gasteiger partial charge in [0.05, 0.1) is 18.7 Å². The number of hydrogen-bond donors (Lipinski definition) is 0. The standard InChI is InChI=1S/C20H25BrN2O3/c21-16-3-1-15(2-4-16)11-18(24)12-22-9-7-20(8-10-22)14-23(17-5-6-17)19(25)13-26-20/h1-4,17H,5-14H2. The van der Waals surface area contributed by atoms with Gasteiger partial charge in [-0.15, -0.1) is 0 Å². The van der Waals surface area contributed by atoms with E-state index in [1.165, 1.54) is 0 Å². The second kappa shape index (κ2) is 7.41. The quantitative estimate of drug-likeness (QED) is 0.733. The van der Waals surface area contributed by atoms with E-state index in [0.29, 0.717) is 19.0 Å². The van der Waals surface area contributed by atoms with Gasteiger partial charge in [0.15, 0.2) is 5.78 Å². The summed E-state index contributed by atoms with van der Waals surface area (Å²) < 4.78 is 7.01. The number of carbonyl (C=O) groups excluding carboxylic acids is 2. The molecule has 2 aliphatic heterocycles. The van der Waals surface area contributed by atoms with Crippen LogP contribution in [0.2, 0.25) is 0 Å². The highest BCUT2D eigenvalue weighted by Gasteiger charge is 2.46. The molecule has 6 heteroatoms. The number of Topliss-reactive ketones (excluding diaryl/α,β-unsaturated/α-hetero) is 1. The first kappa shape index (κ1) is 18.1. The SMILES string of the molecule is O=C(Cc1ccc(Br)cc1)CN1CCC2(CC1)CN(C1CC1)C(=O)CO2. The Kier molecular flexibility index (Phi) is 5.17. The van der Waals surface area contributed by atoms with Crippen molar-refractivity contribution in [2.75, 3.05) is 32.8 Å². The Morgan fingerprint density at radius 3 is 2.54 bits per heavy atom. The number of amides is 1. The molecule has 140 valence electrons. The van der Waals surface area contributed by atoms with Crippen molar-refractivity contribution in [3.05, 3.63) is 34.3 Å². The molecule has 5 nitrogen and oxygen atoms in total. The van der Waals surface area contributed by atoms with Gasteiger partial charge in [-0.2, -0.15) is 0 Å². The topological polar surface area (TPSA) is 49.9 Å². The summed E-state index contributed by atoms with van der Waals surface area (Å²) in [7, 11) is 0. The number of ether oxygens (including phenoxy) is 1. The van der Waals surface area contributed by atoms with Crippen molar-refractivity contribution < 1.29 is 14.3 Å². The van der Waals surface area contributed by atoms with Crippen LogP contribution in [0.4, 0.5) is 0 Å². The Bertz CT molecular complexity index is 679. The summed E-state index contributed by atoms with van der Waals surface area (Å²) in [6.45, 7) is 3.17. The molecule has 2 heterocycles. The van der Waals surface area contributed by atoms with E-state index in [-0.39, 0.29) is 23.9 Å². The van der Waals surface area contributed by atoms with Crippen LogP contribution < -0.4 is 0 Å². The number of morpholine rings is 1. The Hall–Kier alpha value is -1.24. The van der Waals surface area contributed by atoms with Gasteiger partial charge in [-0.05, 0) is 43.4 Å². The second-order valence-corrected chi connectivity index (χ2v) is 8.76. The van der Waals surface area contributed by atoms with E-state index in [0.717, 1.165) is 55.4 Å². The molecule has 1 aromatic carbocycles. The smallest absolute Gasteiger partial charge is 0.248 e. The largest absolute Gasteiger partial charge is 0.363 e. The van der Waals surface area contributed by atoms with Crippen molar-refractivity contribution in [1.82, 2.24) is 9.80 Å². The normalized spacial score (nSPS) is 23.4. The van der Waals surface area contributed by atoms with Gasteiger partial charge >= 0.3 is 0 Å². The number of halogens is 1. The molecule has 1 saturated carbocycles. The van der Waals surface area contributed by atoms with Gasteiger partial charge < -0.3 is 9.64 Å². The zero-order valence-corrected chi connectivity index (χ0v) is 16.5. The van der Waals surface area contributed by atoms with Crippen LogP contribution in [0.1, 0.15) is 31.2 Å². The zero-order chi connectivity index (χ0) is 18.1. The van der Waals surface area contributed by atoms with Gasteiger partial charge in [0, 0.05) is 30.0 Å². The molecule has 4 rings (SSSR count). The van der Waals surface area contributed by atoms with Crippen LogP contribution in [0, 0.1) is 0 Å². The lowest BCUT2D eigenvalue weighted by Crippen LogP contribution is -2.59. The monoisotopic (exact) mass is 420 g/mol. The van der Waals surface area contributed by atoms with Gasteiger partial charge in [0.2, 0.25) is 5.91 Å². The Morgan fingerprint density at radius 2 is 1.88 bits per heavy atom. The lowest BCUT2D eigenvalue weighted by Gasteiger charge is -2.47. The lowest BCUT2D eigenvalue weighted by molar-refractivity contribution is -0.172. The fraction of sp³-hybridized carbons (Fsp3) is 0.600. The van der Waals surface area contributed by atoms with Gasteiger partial charge in [0.25, 0.3) is 0 Å². The molecule has 1 amide bonds. The van der Waals surface area contributed by atoms with E-state index >= 15 is 0 Å². The second-order valence-electron chi connectivity index (χ2n) is 7.84. The Balaban J connectivity index is 1.27. The number of likely N-dealkylation sites (tertiary alicyclic amines) is 1. The predicted octanol–water partition coefficient (Wildman–Crippen LogP) is 2.42. The molecule has 0 radical (unpaired) electrons. The van der Waals surface area contributed by atoms with Gasteiger partial charge in [-0.3, -0.25) is 14.5 Å². The molecule has 1 spiro atoms. The van der Waals surface area contributed by atoms with Crippen LogP contribution in [-0.4, -0.2) is 65.9 Å². The molecule has 0 atom stereocenters. The van der Waals surface area contributed by atoms with Crippen molar-refractivity contribution >= 4 is 27.6 Å². The molecule has 0 unspecified atom stereocenters. The molecule has 2 saturated heterocycles. The molecule has 1 aliphatic carbocycles. The van der Waals surface area contributed by atoms with Crippen LogP contribution in [-0.2, 0) is 20.7 Å². The van der Waals surface area contributed by atoms with Gasteiger partial charge in [-0.1, -0.05) is 28.1 Å². The van der Waals surface area contributed by atoms with Gasteiger partial charge in [-0.25, -0.2) is 0 Å². The van der Waals surface area contributed by atoms with Crippen molar-refractivity contribution in [1.29, 1.82) is 0 Å². The minimum absolute atomic E-state index is 0.144. The van der Waals surface area contributed by atoms with Crippen LogP contribution in [0.5, 0.6) is 0 Å². The van der Waals surface area contributed by atoms with Crippen molar-refractivity contribution in [2.45, 2.75) is 43.7 Å². The molecule has 0 bridgehead atoms. The maximum Gasteiger partial charge on any atom is 0.248 e. The van der Waals surface area contributed by atoms with Crippen LogP contribution in [0.15, 0.2) is 28.7 Å². The fourth-order valence-electron chi connectivity index (χ4n) is 4.02. The molecule has 26 heavy (non-hydrogen) atoms. The van der Waals surface area contributed by atoms with E-state index in [9.17, 15) is 9.59 Å². The van der Waals surface area contributed by atoms with Crippen LogP contribution >= 0.6 is 15.9 Å². The number of rotatable bonds is 5. The molecule has 1 aromatic rings. The first-order chi connectivity index (χ1) is 12.5. The zero-order valence-electron chi connectivity index (χ0n) is 15.0. The predicted molar refractivity (Wildman–Crippen MR) is 102 cm³/mol. The van der Waals surface area contributed by atoms with Gasteiger partial charge in [0.1, 0.15) is 6.61 Å². The Morgan fingerprint density at radius 1 is 1.19 bits per heavy atom. The maximum absolute atomic E-state index is 12.4. The third-order valence-corrected chi connectivity index (χ3v) is 6.28. The number of carbonyl (C=O) groups is 2. The third-order valence-electron chi connectivity index (χ3n) is 5.75. The summed E-state index contributed by atoms with van der Waals surface area (Å²) >= 11 is 3.42. The van der Waals surface area contributed by atoms with Crippen molar-refractivity contribution in [3.8, 4) is 0 Å². The highest BCUT2D eigenvalue weighted by molar-refractivity contribution is 9.10. The number of hydrogen-bond acceptors (Lipinski definition) is 4. The number of benzene rings is 1. The summed E-state index contributed by atoms with van der Waals surface area (Å²) in [5.41, 5.74) is 0.864. The van der Waals surface area contributed by atoms with E-state index in [1.807, 2.05) is 29.2 Å². The molecule has 3 fully saturated rings. The fourth-order valence-corrected chi connectivity index (χ4v) is 4.28. The highest BCUT2D eigenvalue weighted by Crippen LogP contribution is 2.36. The van der Waals surface area contributed by atoms with Crippen molar-refractivity contribution in [2.24, 2.45) is 0 Å². The minimum atomic E-state index is -0.193. The molecular weight excluding hydrogens is 396 g/mol. The highest BCUT2D eigenvalue weighted by atomic mass is 79.9. The molecule has 0 N–H and O–H groups in total. The first-order valence-corrected chi connectivity index (χ1v) is 10.2. The number of nitrogens with zero attached hydrogens (tertiary/aromatic N) is 2. The molecular formula is C20H25BrN2O3. The average Bonchev–Trinajstić information content (AvgIpc) is 3.46. The third kappa shape index (κ3) is 4.18. The average molecular weight is 421 g/mol. The van der Waals surface area contributed by atoms with E-state index in [4.69, 9.17) is 4.74 Å². The van der Waals surface area contributed by atoms with E-state index in [2.05, 4.69) is 20.8 Å². The lowest BCUT2D eigenvalue weighted by atomic mass is 9.89.